The molecule has 138 valence electrons. The molecule has 0 bridgehead atoms. The quantitative estimate of drug-likeness (QED) is 0.552. The molecule has 1 aliphatic rings. The summed E-state index contributed by atoms with van der Waals surface area (Å²) in [5, 5.41) is 9.20. The summed E-state index contributed by atoms with van der Waals surface area (Å²) < 4.78 is 8.65. The third-order valence-corrected chi connectivity index (χ3v) is 6.22. The van der Waals surface area contributed by atoms with E-state index in [-0.39, 0.29) is 0 Å². The first kappa shape index (κ1) is 16.5. The highest BCUT2D eigenvalue weighted by atomic mass is 32.1. The van der Waals surface area contributed by atoms with Gasteiger partial charge in [0.25, 0.3) is 0 Å². The largest absolute Gasteiger partial charge is 0.495 e. The normalized spacial score (nSPS) is 14.3. The molecule has 0 radical (unpaired) electrons. The number of aromatic nitrogens is 3. The fourth-order valence-electron chi connectivity index (χ4n) is 3.53. The summed E-state index contributed by atoms with van der Waals surface area (Å²) in [6, 6.07) is 9.28. The van der Waals surface area contributed by atoms with Crippen LogP contribution in [0, 0.1) is 6.92 Å². The third kappa shape index (κ3) is 2.83. The summed E-state index contributed by atoms with van der Waals surface area (Å²) in [6.07, 6.45) is 4.02. The van der Waals surface area contributed by atoms with Crippen molar-refractivity contribution in [3.8, 4) is 16.2 Å². The lowest BCUT2D eigenvalue weighted by molar-refractivity contribution is 0.420. The van der Waals surface area contributed by atoms with Gasteiger partial charge in [0.15, 0.2) is 5.82 Å². The van der Waals surface area contributed by atoms with Gasteiger partial charge in [-0.1, -0.05) is 6.07 Å². The van der Waals surface area contributed by atoms with Crippen LogP contribution in [0.1, 0.15) is 24.1 Å². The van der Waals surface area contributed by atoms with Crippen molar-refractivity contribution in [1.82, 2.24) is 19.9 Å². The highest BCUT2D eigenvalue weighted by Gasteiger charge is 2.22. The van der Waals surface area contributed by atoms with Crippen molar-refractivity contribution in [2.75, 3.05) is 12.8 Å². The minimum atomic E-state index is 0.498. The Morgan fingerprint density at radius 2 is 2.15 bits per heavy atom. The Labute approximate surface area is 161 Å². The number of nitrogens with one attached hydrogen (secondary N) is 1. The lowest BCUT2D eigenvalue weighted by Gasteiger charge is -2.03. The molecule has 6 nitrogen and oxygen atoms in total. The molecule has 1 saturated carbocycles. The molecule has 7 heteroatoms. The molecule has 0 unspecified atom stereocenters. The van der Waals surface area contributed by atoms with Gasteiger partial charge in [-0.15, -0.1) is 11.3 Å². The van der Waals surface area contributed by atoms with E-state index in [4.69, 9.17) is 10.5 Å². The van der Waals surface area contributed by atoms with Crippen LogP contribution in [0.4, 0.5) is 5.82 Å². The van der Waals surface area contributed by atoms with Crippen LogP contribution >= 0.6 is 11.3 Å². The lowest BCUT2D eigenvalue weighted by atomic mass is 10.1. The van der Waals surface area contributed by atoms with Crippen LogP contribution in [0.5, 0.6) is 5.75 Å². The molecule has 0 saturated heterocycles. The van der Waals surface area contributed by atoms with E-state index in [0.717, 1.165) is 38.6 Å². The average Bonchev–Trinajstić information content (AvgIpc) is 3.27. The van der Waals surface area contributed by atoms with Crippen LogP contribution in [0.3, 0.4) is 0 Å². The smallest absolute Gasteiger partial charge is 0.152 e. The molecule has 0 atom stereocenters. The summed E-state index contributed by atoms with van der Waals surface area (Å²) in [5.41, 5.74) is 10.5. The Hall–Kier alpha value is -2.64. The first-order chi connectivity index (χ1) is 13.1. The number of ether oxygens (including phenoxy) is 1. The Morgan fingerprint density at radius 3 is 2.93 bits per heavy atom. The Kier molecular flexibility index (Phi) is 3.80. The molecule has 3 aromatic heterocycles. The van der Waals surface area contributed by atoms with Gasteiger partial charge in [0.05, 0.1) is 17.5 Å². The zero-order chi connectivity index (χ0) is 18.5. The fourth-order valence-corrected chi connectivity index (χ4v) is 4.68. The monoisotopic (exact) mass is 379 g/mol. The molecule has 3 heterocycles. The fraction of sp³-hybridized carbons (Fsp3) is 0.300. The number of anilines is 1. The highest BCUT2D eigenvalue weighted by Crippen LogP contribution is 2.42. The number of nitrogens with two attached hydrogens (primary N) is 1. The Balaban J connectivity index is 1.69. The number of benzene rings is 1. The van der Waals surface area contributed by atoms with Gasteiger partial charge in [-0.05, 0) is 48.9 Å². The van der Waals surface area contributed by atoms with Crippen LogP contribution in [-0.4, -0.2) is 27.7 Å². The number of aryl methyl sites for hydroxylation is 1. The van der Waals surface area contributed by atoms with Gasteiger partial charge >= 0.3 is 0 Å². The Bertz CT molecular complexity index is 1160. The van der Waals surface area contributed by atoms with Gasteiger partial charge in [0, 0.05) is 23.0 Å². The maximum Gasteiger partial charge on any atom is 0.152 e. The number of methoxy groups -OCH3 is 1. The topological polar surface area (TPSA) is 77.5 Å². The second kappa shape index (κ2) is 6.21. The average molecular weight is 379 g/mol. The molecule has 3 N–H and O–H groups in total. The summed E-state index contributed by atoms with van der Waals surface area (Å²) >= 11 is 1.71. The van der Waals surface area contributed by atoms with Gasteiger partial charge in [-0.25, -0.2) is 9.50 Å². The van der Waals surface area contributed by atoms with E-state index in [1.54, 1.807) is 18.4 Å². The lowest BCUT2D eigenvalue weighted by Crippen LogP contribution is -2.17. The predicted molar refractivity (Wildman–Crippen MR) is 109 cm³/mol. The number of rotatable bonds is 5. The van der Waals surface area contributed by atoms with Gasteiger partial charge in [-0.3, -0.25) is 0 Å². The maximum absolute atomic E-state index is 6.24. The van der Waals surface area contributed by atoms with Gasteiger partial charge < -0.3 is 15.8 Å². The van der Waals surface area contributed by atoms with Crippen molar-refractivity contribution in [2.45, 2.75) is 32.4 Å². The standard InChI is InChI=1S/C20H21N5OS/c1-11-5-12-7-17(27-19(12)16(6-11)26-2)15-8-14(9-22-13-3-4-13)25-18(15)20(21)23-10-24-25/h5-8,10,13,22H,3-4,9H2,1-2H3,(H2,21,23,24). The van der Waals surface area contributed by atoms with Crippen molar-refractivity contribution in [3.63, 3.8) is 0 Å². The van der Waals surface area contributed by atoms with E-state index >= 15 is 0 Å². The molecule has 0 aliphatic heterocycles. The molecule has 5 rings (SSSR count). The summed E-state index contributed by atoms with van der Waals surface area (Å²) in [6.45, 7) is 2.86. The van der Waals surface area contributed by atoms with E-state index in [2.05, 4.69) is 46.6 Å². The minimum Gasteiger partial charge on any atom is -0.495 e. The van der Waals surface area contributed by atoms with Crippen LogP contribution in [-0.2, 0) is 6.54 Å². The molecule has 27 heavy (non-hydrogen) atoms. The first-order valence-electron chi connectivity index (χ1n) is 9.07. The van der Waals surface area contributed by atoms with Crippen molar-refractivity contribution < 1.29 is 4.74 Å². The number of fused-ring (bicyclic) bond motifs is 2. The van der Waals surface area contributed by atoms with Crippen molar-refractivity contribution >= 4 is 32.8 Å². The first-order valence-corrected chi connectivity index (χ1v) is 9.88. The summed E-state index contributed by atoms with van der Waals surface area (Å²) in [7, 11) is 1.72. The third-order valence-electron chi connectivity index (χ3n) is 5.02. The van der Waals surface area contributed by atoms with Crippen molar-refractivity contribution in [1.29, 1.82) is 0 Å². The molecule has 1 fully saturated rings. The molecule has 1 aromatic carbocycles. The second-order valence-corrected chi connectivity index (χ2v) is 8.16. The Morgan fingerprint density at radius 1 is 1.30 bits per heavy atom. The van der Waals surface area contributed by atoms with Gasteiger partial charge in [0.1, 0.15) is 17.6 Å². The zero-order valence-corrected chi connectivity index (χ0v) is 16.1. The van der Waals surface area contributed by atoms with Crippen molar-refractivity contribution in [3.05, 3.63) is 41.9 Å². The van der Waals surface area contributed by atoms with Gasteiger partial charge in [0.2, 0.25) is 0 Å². The number of hydrogen-bond donors (Lipinski definition) is 2. The molecular weight excluding hydrogens is 358 g/mol. The highest BCUT2D eigenvalue weighted by molar-refractivity contribution is 7.22. The zero-order valence-electron chi connectivity index (χ0n) is 15.3. The number of nitrogen functional groups attached to an aromatic ring is 1. The number of thiophene rings is 1. The van der Waals surface area contributed by atoms with Gasteiger partial charge in [-0.2, -0.15) is 5.10 Å². The molecule has 0 amide bonds. The molecule has 1 aliphatic carbocycles. The molecule has 4 aromatic rings. The SMILES string of the molecule is COc1cc(C)cc2cc(-c3cc(CNC4CC4)n4ncnc(N)c34)sc12. The van der Waals surface area contributed by atoms with E-state index < -0.39 is 0 Å². The van der Waals surface area contributed by atoms with Crippen LogP contribution < -0.4 is 15.8 Å². The second-order valence-electron chi connectivity index (χ2n) is 7.11. The summed E-state index contributed by atoms with van der Waals surface area (Å²) in [4.78, 5) is 5.37. The predicted octanol–water partition coefficient (Wildman–Crippen LogP) is 3.76. The maximum atomic E-state index is 6.24. The van der Waals surface area contributed by atoms with Crippen molar-refractivity contribution in [2.24, 2.45) is 0 Å². The molecule has 0 spiro atoms. The number of nitrogens with zero attached hydrogens (tertiary/aromatic N) is 3. The van der Waals surface area contributed by atoms with E-state index in [9.17, 15) is 0 Å². The van der Waals surface area contributed by atoms with Crippen LogP contribution in [0.25, 0.3) is 26.0 Å². The van der Waals surface area contributed by atoms with E-state index in [1.165, 1.54) is 30.1 Å². The summed E-state index contributed by atoms with van der Waals surface area (Å²) in [5.74, 6) is 1.41. The van der Waals surface area contributed by atoms with E-state index in [0.29, 0.717) is 11.9 Å². The molecular formula is C20H21N5OS. The van der Waals surface area contributed by atoms with E-state index in [1.807, 2.05) is 4.52 Å². The van der Waals surface area contributed by atoms with Crippen LogP contribution in [0.15, 0.2) is 30.6 Å². The number of hydrogen-bond acceptors (Lipinski definition) is 6. The van der Waals surface area contributed by atoms with Crippen LogP contribution in [0.2, 0.25) is 0 Å². The minimum absolute atomic E-state index is 0.498.